The minimum atomic E-state index is -0.474. The molecule has 28 heavy (non-hydrogen) atoms. The molecule has 0 saturated carbocycles. The summed E-state index contributed by atoms with van der Waals surface area (Å²) in [5.74, 6) is -0.326. The van der Waals surface area contributed by atoms with Crippen molar-refractivity contribution in [3.8, 4) is 5.75 Å². The van der Waals surface area contributed by atoms with E-state index in [0.29, 0.717) is 16.5 Å². The zero-order chi connectivity index (χ0) is 20.1. The van der Waals surface area contributed by atoms with E-state index in [4.69, 9.17) is 16.3 Å². The lowest BCUT2D eigenvalue weighted by molar-refractivity contribution is 0.0988. The van der Waals surface area contributed by atoms with Crippen LogP contribution in [-0.2, 0) is 0 Å². The van der Waals surface area contributed by atoms with Gasteiger partial charge in [0.25, 0.3) is 11.8 Å². The maximum absolute atomic E-state index is 12.7. The SMILES string of the molecule is COc1ccc(Cl)cc1NC(=O)c1cccc(C(=O)N(C)c2ccccc2)n1. The second-order valence-corrected chi connectivity index (χ2v) is 6.34. The molecule has 0 unspecified atom stereocenters. The number of benzene rings is 2. The van der Waals surface area contributed by atoms with E-state index >= 15 is 0 Å². The third-order valence-corrected chi connectivity index (χ3v) is 4.29. The van der Waals surface area contributed by atoms with Crippen molar-refractivity contribution in [1.29, 1.82) is 0 Å². The highest BCUT2D eigenvalue weighted by Gasteiger charge is 2.18. The largest absolute Gasteiger partial charge is 0.495 e. The van der Waals surface area contributed by atoms with Crippen LogP contribution in [-0.4, -0.2) is 31.0 Å². The van der Waals surface area contributed by atoms with Crippen molar-refractivity contribution in [2.45, 2.75) is 0 Å². The average molecular weight is 396 g/mol. The van der Waals surface area contributed by atoms with Crippen molar-refractivity contribution in [2.75, 3.05) is 24.4 Å². The number of nitrogens with one attached hydrogen (secondary N) is 1. The summed E-state index contributed by atoms with van der Waals surface area (Å²) >= 11 is 5.99. The number of methoxy groups -OCH3 is 1. The molecule has 0 spiro atoms. The van der Waals surface area contributed by atoms with Gasteiger partial charge in [-0.15, -0.1) is 0 Å². The van der Waals surface area contributed by atoms with Gasteiger partial charge in [-0.2, -0.15) is 0 Å². The number of carbonyl (C=O) groups is 2. The van der Waals surface area contributed by atoms with Gasteiger partial charge in [0.2, 0.25) is 0 Å². The molecule has 2 amide bonds. The summed E-state index contributed by atoms with van der Waals surface area (Å²) in [6, 6.07) is 18.8. The summed E-state index contributed by atoms with van der Waals surface area (Å²) in [4.78, 5) is 31.0. The first kappa shape index (κ1) is 19.4. The lowest BCUT2D eigenvalue weighted by Gasteiger charge is -2.17. The molecule has 3 aromatic rings. The van der Waals surface area contributed by atoms with Gasteiger partial charge in [-0.05, 0) is 42.5 Å². The van der Waals surface area contributed by atoms with Gasteiger partial charge in [-0.1, -0.05) is 35.9 Å². The molecule has 0 bridgehead atoms. The Hall–Kier alpha value is -3.38. The number of para-hydroxylation sites is 1. The quantitative estimate of drug-likeness (QED) is 0.700. The molecule has 0 atom stereocenters. The van der Waals surface area contributed by atoms with Crippen LogP contribution in [0.15, 0.2) is 66.7 Å². The van der Waals surface area contributed by atoms with Crippen LogP contribution < -0.4 is 15.0 Å². The number of rotatable bonds is 5. The van der Waals surface area contributed by atoms with Gasteiger partial charge >= 0.3 is 0 Å². The van der Waals surface area contributed by atoms with Crippen LogP contribution in [0, 0.1) is 0 Å². The molecule has 3 rings (SSSR count). The molecule has 0 aliphatic rings. The van der Waals surface area contributed by atoms with Gasteiger partial charge in [0, 0.05) is 17.8 Å². The predicted molar refractivity (Wildman–Crippen MR) is 109 cm³/mol. The van der Waals surface area contributed by atoms with Crippen molar-refractivity contribution < 1.29 is 14.3 Å². The first-order chi connectivity index (χ1) is 13.5. The van der Waals surface area contributed by atoms with E-state index in [9.17, 15) is 9.59 Å². The van der Waals surface area contributed by atoms with Crippen LogP contribution in [0.5, 0.6) is 5.75 Å². The number of aromatic nitrogens is 1. The van der Waals surface area contributed by atoms with E-state index in [1.807, 2.05) is 30.3 Å². The van der Waals surface area contributed by atoms with Gasteiger partial charge < -0.3 is 15.0 Å². The molecule has 7 heteroatoms. The van der Waals surface area contributed by atoms with E-state index < -0.39 is 5.91 Å². The van der Waals surface area contributed by atoms with Crippen molar-refractivity contribution >= 4 is 34.8 Å². The van der Waals surface area contributed by atoms with Gasteiger partial charge in [-0.25, -0.2) is 4.98 Å². The molecule has 1 heterocycles. The normalized spacial score (nSPS) is 10.2. The topological polar surface area (TPSA) is 71.5 Å². The molecule has 0 saturated heterocycles. The van der Waals surface area contributed by atoms with E-state index in [2.05, 4.69) is 10.3 Å². The van der Waals surface area contributed by atoms with Crippen molar-refractivity contribution in [1.82, 2.24) is 4.98 Å². The fourth-order valence-electron chi connectivity index (χ4n) is 2.59. The third kappa shape index (κ3) is 4.29. The smallest absolute Gasteiger partial charge is 0.276 e. The first-order valence-corrected chi connectivity index (χ1v) is 8.82. The fourth-order valence-corrected chi connectivity index (χ4v) is 2.76. The Bertz CT molecular complexity index is 1010. The Morgan fingerprint density at radius 1 is 1.00 bits per heavy atom. The number of amides is 2. The van der Waals surface area contributed by atoms with Gasteiger partial charge in [0.1, 0.15) is 17.1 Å². The maximum atomic E-state index is 12.7. The molecule has 2 aromatic carbocycles. The highest BCUT2D eigenvalue weighted by Crippen LogP contribution is 2.28. The molecule has 0 aliphatic carbocycles. The minimum absolute atomic E-state index is 0.106. The standard InChI is InChI=1S/C21H18ClN3O3/c1-25(15-7-4-3-5-8-15)21(27)17-10-6-9-16(23-17)20(26)24-18-13-14(22)11-12-19(18)28-2/h3-13H,1-2H3,(H,24,26). The van der Waals surface area contributed by atoms with Crippen LogP contribution >= 0.6 is 11.6 Å². The number of pyridine rings is 1. The van der Waals surface area contributed by atoms with E-state index in [0.717, 1.165) is 5.69 Å². The Morgan fingerprint density at radius 2 is 1.71 bits per heavy atom. The summed E-state index contributed by atoms with van der Waals surface area (Å²) in [6.45, 7) is 0. The zero-order valence-electron chi connectivity index (χ0n) is 15.3. The number of hydrogen-bond donors (Lipinski definition) is 1. The number of carbonyl (C=O) groups excluding carboxylic acids is 2. The number of hydrogen-bond acceptors (Lipinski definition) is 4. The lowest BCUT2D eigenvalue weighted by Crippen LogP contribution is -2.27. The molecule has 0 aliphatic heterocycles. The minimum Gasteiger partial charge on any atom is -0.495 e. The molecular formula is C21H18ClN3O3. The van der Waals surface area contributed by atoms with Gasteiger partial charge in [0.05, 0.1) is 12.8 Å². The van der Waals surface area contributed by atoms with E-state index in [1.165, 1.54) is 18.1 Å². The van der Waals surface area contributed by atoms with Gasteiger partial charge in [0.15, 0.2) is 0 Å². The summed E-state index contributed by atoms with van der Waals surface area (Å²) in [5.41, 5.74) is 1.42. The molecular weight excluding hydrogens is 378 g/mol. The van der Waals surface area contributed by atoms with Crippen molar-refractivity contribution in [2.24, 2.45) is 0 Å². The molecule has 1 aromatic heterocycles. The van der Waals surface area contributed by atoms with E-state index in [-0.39, 0.29) is 17.3 Å². The van der Waals surface area contributed by atoms with Crippen molar-refractivity contribution in [3.63, 3.8) is 0 Å². The monoisotopic (exact) mass is 395 g/mol. The Morgan fingerprint density at radius 3 is 2.43 bits per heavy atom. The molecule has 0 radical (unpaired) electrons. The average Bonchev–Trinajstić information content (AvgIpc) is 2.73. The molecule has 0 fully saturated rings. The Labute approximate surface area is 167 Å². The summed E-state index contributed by atoms with van der Waals surface area (Å²) in [7, 11) is 3.15. The fraction of sp³-hybridized carbons (Fsp3) is 0.0952. The lowest BCUT2D eigenvalue weighted by atomic mass is 10.2. The van der Waals surface area contributed by atoms with Crippen LogP contribution in [0.4, 0.5) is 11.4 Å². The zero-order valence-corrected chi connectivity index (χ0v) is 16.1. The summed E-state index contributed by atoms with van der Waals surface area (Å²) in [6.07, 6.45) is 0. The third-order valence-electron chi connectivity index (χ3n) is 4.06. The Kier molecular flexibility index (Phi) is 5.91. The summed E-state index contributed by atoms with van der Waals surface area (Å²) in [5, 5.41) is 3.17. The highest BCUT2D eigenvalue weighted by molar-refractivity contribution is 6.31. The second kappa shape index (κ2) is 8.54. The van der Waals surface area contributed by atoms with Crippen LogP contribution in [0.25, 0.3) is 0 Å². The van der Waals surface area contributed by atoms with E-state index in [1.54, 1.807) is 37.4 Å². The number of anilines is 2. The molecule has 6 nitrogen and oxygen atoms in total. The Balaban J connectivity index is 1.82. The van der Waals surface area contributed by atoms with Crippen molar-refractivity contribution in [3.05, 3.63) is 83.1 Å². The second-order valence-electron chi connectivity index (χ2n) is 5.91. The van der Waals surface area contributed by atoms with Crippen LogP contribution in [0.2, 0.25) is 5.02 Å². The van der Waals surface area contributed by atoms with Crippen LogP contribution in [0.3, 0.4) is 0 Å². The first-order valence-electron chi connectivity index (χ1n) is 8.44. The summed E-state index contributed by atoms with van der Waals surface area (Å²) < 4.78 is 5.22. The molecule has 1 N–H and O–H groups in total. The predicted octanol–water partition coefficient (Wildman–Crippen LogP) is 4.27. The number of halogens is 1. The number of nitrogens with zero attached hydrogens (tertiary/aromatic N) is 2. The highest BCUT2D eigenvalue weighted by atomic mass is 35.5. The maximum Gasteiger partial charge on any atom is 0.276 e. The van der Waals surface area contributed by atoms with Gasteiger partial charge in [-0.3, -0.25) is 9.59 Å². The van der Waals surface area contributed by atoms with Crippen LogP contribution in [0.1, 0.15) is 21.0 Å². The molecule has 142 valence electrons. The number of ether oxygens (including phenoxy) is 1.